The van der Waals surface area contributed by atoms with Crippen LogP contribution in [0.2, 0.25) is 0 Å². The molecule has 0 aliphatic carbocycles. The standard InChI is InChI=1S/C11H18N102O5/c1-2-118-10(115)11(5-3-6-13-113(116)117)8-112(7-4-9(11)114)111-110-109-108-107-106-105-104-103-102-101-100-99-98-97-96-95-94-93-92-91-90-89-88-87-86-85-84-83-82-81-80-79-78-77-76-75-74-73-72-71-70-69-68-67-66-65-64-63-62-61-60-59-58-57-56-55-54-53-52-51-50-49-48-47-46-45-44-43-42-41-40-39-38-37-36-35-34-33-32-31-30-29-28-27-26-25-24-23-22-21-20-19-18-17-16-15-14-12/h6H,2-5,7-8H2,1H3,(H2,12,15,17,19,21,23,25,27,29,31,33,35,37,39,41,43,45,47,49,51,53,55,57,59,61,63,65,67,69,71,73,75,77,79,81,83,85,87,89,91,93,95,97,99,101,103,105,107,109,111)/b13-6-. The number of nitrogens with two attached hydrogens (primary N) is 1. The molecule has 0 spiro atoms. The Labute approximate surface area is 626 Å². The van der Waals surface area contributed by atoms with Crippen molar-refractivity contribution in [3.8, 4) is 0 Å². The van der Waals surface area contributed by atoms with Crippen LogP contribution in [0.5, 0.6) is 0 Å². The van der Waals surface area contributed by atoms with Gasteiger partial charge in [-0.25, -0.2) is 10.1 Å². The summed E-state index contributed by atoms with van der Waals surface area (Å²) in [5, 5.41) is 309. The Hall–Kier alpha value is -21.8. The number of ether oxygens (including phenoxy) is 1. The minimum Gasteiger partial charge on any atom is -0.465 e. The van der Waals surface area contributed by atoms with Crippen LogP contribution in [-0.4, -0.2) is 47.7 Å². The number of carbonyl (C=O) groups excluding carboxylic acids is 2. The highest BCUT2D eigenvalue weighted by molar-refractivity contribution is 6.05. The Morgan fingerprint density at radius 1 is 0.314 bits per heavy atom. The third kappa shape index (κ3) is 67.4. The van der Waals surface area contributed by atoms with Crippen molar-refractivity contribution in [2.45, 2.75) is 26.2 Å². The fraction of sp³-hybridized carbons (Fsp3) is 0.727. The van der Waals surface area contributed by atoms with Crippen molar-refractivity contribution in [2.75, 3.05) is 19.7 Å². The van der Waals surface area contributed by atoms with Gasteiger partial charge in [0.1, 0.15) is 5.41 Å². The average Bonchev–Trinajstić information content (AvgIpc) is 0.784. The number of esters is 1. The first-order valence-corrected chi connectivity index (χ1v) is 25.9. The molecule has 0 aromatic carbocycles. The van der Waals surface area contributed by atoms with Gasteiger partial charge in [0.2, 0.25) is 0 Å². The number of Topliss-reactive ketones (excluding diaryl/α,β-unsaturated/α-hetero) is 1. The number of rotatable bonds is 55. The monoisotopic (exact) mass is 1660 g/mol. The summed E-state index contributed by atoms with van der Waals surface area (Å²) >= 11 is 0. The first-order chi connectivity index (χ1) is 58.5. The van der Waals surface area contributed by atoms with E-state index in [1.165, 1.54) is 5.01 Å². The molecule has 1 saturated heterocycles. The van der Waals surface area contributed by atoms with E-state index in [1.807, 2.05) is 0 Å². The van der Waals surface area contributed by atoms with Gasteiger partial charge in [0, 0.05) is 441 Å². The lowest BCUT2D eigenvalue weighted by Crippen LogP contribution is -2.53. The Kier molecular flexibility index (Phi) is 63.3. The zero-order chi connectivity index (χ0) is 84.5. The highest BCUT2D eigenvalue weighted by Crippen LogP contribution is 2.34. The summed E-state index contributed by atoms with van der Waals surface area (Å²) in [7, 11) is 0. The summed E-state index contributed by atoms with van der Waals surface area (Å²) in [4.78, 5) is 35.9. The second-order valence-corrected chi connectivity index (χ2v) is 13.2. The summed E-state index contributed by atoms with van der Waals surface area (Å²) in [6.07, 6.45) is 0.681. The molecule has 1 aliphatic rings. The molecule has 1 rings (SSSR count). The largest absolute Gasteiger partial charge is 0.465 e. The average molecular weight is 1660 g/mol. The molecule has 0 bridgehead atoms. The normalized spacial score (nSPS) is 17.2. The summed E-state index contributed by atoms with van der Waals surface area (Å²) in [6.45, 7) is 1.37. The molecule has 602 valence electrons. The van der Waals surface area contributed by atoms with Gasteiger partial charge in [-0.1, -0.05) is 5.22 Å². The molecule has 1 heterocycles. The van der Waals surface area contributed by atoms with Crippen LogP contribution in [0.25, 0.3) is 0 Å². The number of hydrogen-bond donors (Lipinski definition) is 1. The molecule has 1 aliphatic heterocycles. The number of ketones is 1. The van der Waals surface area contributed by atoms with E-state index in [1.54, 1.807) is 6.92 Å². The number of nitro groups is 1. The van der Waals surface area contributed by atoms with Gasteiger partial charge < -0.3 is 10.6 Å². The van der Waals surface area contributed by atoms with E-state index in [0.29, 0.717) is 0 Å². The second-order valence-electron chi connectivity index (χ2n) is 13.2. The van der Waals surface area contributed by atoms with E-state index >= 15 is 0 Å². The van der Waals surface area contributed by atoms with Crippen molar-refractivity contribution in [2.24, 2.45) is 528 Å². The molecule has 1 unspecified atom stereocenters. The van der Waals surface area contributed by atoms with Gasteiger partial charge in [-0.15, -0.1) is 0 Å². The Morgan fingerprint density at radius 2 is 0.475 bits per heavy atom. The lowest BCUT2D eigenvalue weighted by Gasteiger charge is -2.37. The van der Waals surface area contributed by atoms with Crippen LogP contribution >= 0.6 is 0 Å². The van der Waals surface area contributed by atoms with E-state index in [4.69, 9.17) is 4.74 Å². The van der Waals surface area contributed by atoms with Crippen LogP contribution in [0, 0.1) is 15.5 Å². The molecule has 1 atom stereocenters. The Bertz CT molecular complexity index is 4500. The van der Waals surface area contributed by atoms with Gasteiger partial charge in [-0.2, -0.15) is 0 Å². The molecule has 0 aromatic heterocycles. The zero-order valence-corrected chi connectivity index (χ0v) is 55.1. The maximum atomic E-state index is 12.7. The minimum atomic E-state index is -1.66. The van der Waals surface area contributed by atoms with Crippen molar-refractivity contribution in [3.63, 3.8) is 0 Å². The first kappa shape index (κ1) is 94.2. The molecule has 0 aromatic rings. The van der Waals surface area contributed by atoms with Gasteiger partial charge in [-0.05, 0) is 98.1 Å². The summed E-state index contributed by atoms with van der Waals surface area (Å²) in [5.41, 5.74) is -1.66. The van der Waals surface area contributed by atoms with Crippen LogP contribution in [0.15, 0.2) is 517 Å². The summed E-state index contributed by atoms with van der Waals surface area (Å²) in [6, 6.07) is 0. The lowest BCUT2D eigenvalue weighted by atomic mass is 9.75. The molecule has 1 fully saturated rings. The third-order valence-corrected chi connectivity index (χ3v) is 7.14. The number of hydrazone groups is 1. The highest BCUT2D eigenvalue weighted by atomic mass is 16.7. The SMILES string of the molecule is CCOC(=O)C1(CC/C=N\[N+](=O)[O-])CN(/N=N/N=N/N=N/N=N/N=N/N=N/N=N/N=N/N=N/N=N/N=N/N=N/N=N/N=N/N=N/N=N/N=N/N=N/N=N/N=N/N=N/N=N/N=N/N=N/N=N/N=N/N=N/N=N/N=N/N=N/N=N/N=N/N=N/N=N/N=N/N=N/N=N/N=N/N=N/N=N/N=N/N=N/N=N/N=N/N=N/N=N/N=N/N=N/N=N/N)CCC1=O. The summed E-state index contributed by atoms with van der Waals surface area (Å²) in [5.74, 6) is 3.39. The van der Waals surface area contributed by atoms with E-state index in [0.717, 1.165) is 6.21 Å². The molecule has 0 amide bonds. The second kappa shape index (κ2) is 79.3. The molecule has 107 heteroatoms. The van der Waals surface area contributed by atoms with Crippen molar-refractivity contribution in [1.82, 2.24) is 5.01 Å². The Balaban J connectivity index is 2.15. The van der Waals surface area contributed by atoms with Crippen LogP contribution in [0.3, 0.4) is 0 Å². The number of hydrogen-bond acceptors (Lipinski definition) is 7. The predicted octanol–water partition coefficient (Wildman–Crippen LogP) is 17.7. The molecule has 0 radical (unpaired) electrons. The van der Waals surface area contributed by atoms with Crippen molar-refractivity contribution < 1.29 is 19.4 Å². The molecular weight excluding hydrogens is 1640 g/mol. The smallest absolute Gasteiger partial charge is 0.321 e. The van der Waals surface area contributed by atoms with Crippen molar-refractivity contribution >= 4 is 18.0 Å². The fourth-order valence-electron chi connectivity index (χ4n) is 4.01. The van der Waals surface area contributed by atoms with Crippen molar-refractivity contribution in [1.29, 1.82) is 0 Å². The maximum absolute atomic E-state index is 12.7. The lowest BCUT2D eigenvalue weighted by molar-refractivity contribution is -0.484. The van der Waals surface area contributed by atoms with Crippen molar-refractivity contribution in [3.05, 3.63) is 10.1 Å². The third-order valence-electron chi connectivity index (χ3n) is 7.14. The van der Waals surface area contributed by atoms with Gasteiger partial charge in [-0.3, -0.25) is 14.6 Å². The maximum Gasteiger partial charge on any atom is 0.321 e. The van der Waals surface area contributed by atoms with Gasteiger partial charge >= 0.3 is 5.97 Å². The van der Waals surface area contributed by atoms with Crippen LogP contribution in [0.4, 0.5) is 0 Å². The topological polar surface area (TPSA) is 1340 Å². The molecule has 107 nitrogen and oxygen atoms in total. The fourth-order valence-corrected chi connectivity index (χ4v) is 4.01. The molecule has 2 N–H and O–H groups in total. The van der Waals surface area contributed by atoms with Gasteiger partial charge in [0.05, 0.1) is 24.5 Å². The first-order valence-electron chi connectivity index (χ1n) is 25.9. The van der Waals surface area contributed by atoms with Crippen LogP contribution in [0.1, 0.15) is 26.2 Å². The Morgan fingerprint density at radius 3 is 0.627 bits per heavy atom. The molecule has 0 saturated carbocycles. The van der Waals surface area contributed by atoms with E-state index in [2.05, 4.69) is 523 Å². The van der Waals surface area contributed by atoms with Crippen LogP contribution in [-0.2, 0) is 14.3 Å². The predicted molar refractivity (Wildman–Crippen MR) is 307 cm³/mol. The van der Waals surface area contributed by atoms with Gasteiger partial charge in [0.15, 0.2) is 10.8 Å². The summed E-state index contributed by atoms with van der Waals surface area (Å²) < 4.78 is 5.06. The van der Waals surface area contributed by atoms with E-state index < -0.39 is 22.2 Å². The number of nitrogens with zero attached hydrogens (tertiary/aromatic N) is 101. The zero-order valence-electron chi connectivity index (χ0n) is 55.1. The highest BCUT2D eigenvalue weighted by Gasteiger charge is 2.50. The quantitative estimate of drug-likeness (QED) is 0.0116. The van der Waals surface area contributed by atoms with E-state index in [9.17, 15) is 19.7 Å². The number of carbonyl (C=O) groups is 2. The molecular formula is C11H18N102O5. The van der Waals surface area contributed by atoms with E-state index in [-0.39, 0.29) is 39.0 Å². The number of piperidine rings is 1. The molecule has 118 heavy (non-hydrogen) atoms. The minimum absolute atomic E-state index is 0.0110. The van der Waals surface area contributed by atoms with Crippen LogP contribution < -0.4 is 5.84 Å². The van der Waals surface area contributed by atoms with Gasteiger partial charge in [0.25, 0.3) is 0 Å².